The van der Waals surface area contributed by atoms with E-state index >= 15 is 0 Å². The van der Waals surface area contributed by atoms with E-state index in [9.17, 15) is 4.79 Å². The molecule has 1 aromatic heterocycles. The molecule has 90 valence electrons. The Balaban J connectivity index is 1.91. The molecule has 0 radical (unpaired) electrons. The molecule has 0 aliphatic carbocycles. The monoisotopic (exact) mass is 265 g/mol. The molecule has 0 amide bonds. The summed E-state index contributed by atoms with van der Waals surface area (Å²) in [5.41, 5.74) is 2.40. The van der Waals surface area contributed by atoms with E-state index in [1.165, 1.54) is 30.0 Å². The molecule has 1 unspecified atom stereocenters. The summed E-state index contributed by atoms with van der Waals surface area (Å²) in [4.78, 5) is 12.0. The van der Waals surface area contributed by atoms with Crippen molar-refractivity contribution in [2.75, 3.05) is 11.5 Å². The Bertz CT molecular complexity index is 488. The molecule has 1 atom stereocenters. The van der Waals surface area contributed by atoms with Gasteiger partial charge >= 0.3 is 0 Å². The molecule has 17 heavy (non-hydrogen) atoms. The topological polar surface area (TPSA) is 22.0 Å². The number of carbonyl (C=O) groups excluding carboxylic acids is 1. The fraction of sp³-hybridized carbons (Fsp3) is 0.615. The van der Waals surface area contributed by atoms with Crippen LogP contribution in [0.2, 0.25) is 0 Å². The van der Waals surface area contributed by atoms with Gasteiger partial charge in [0.1, 0.15) is 4.08 Å². The second kappa shape index (κ2) is 3.58. The quantitative estimate of drug-likeness (QED) is 0.717. The minimum absolute atomic E-state index is 0.270. The zero-order valence-electron chi connectivity index (χ0n) is 9.65. The number of fused-ring (bicyclic) bond motifs is 1. The first-order chi connectivity index (χ1) is 8.30. The summed E-state index contributed by atoms with van der Waals surface area (Å²) in [7, 11) is 0. The van der Waals surface area contributed by atoms with Crippen molar-refractivity contribution >= 4 is 29.3 Å². The molecule has 0 bridgehead atoms. The molecular formula is C13H15NOS2. The van der Waals surface area contributed by atoms with Crippen molar-refractivity contribution in [3.63, 3.8) is 0 Å². The van der Waals surface area contributed by atoms with Crippen LogP contribution in [-0.4, -0.2) is 21.9 Å². The lowest BCUT2D eigenvalue weighted by atomic mass is 9.93. The van der Waals surface area contributed by atoms with E-state index in [1.54, 1.807) is 0 Å². The fourth-order valence-electron chi connectivity index (χ4n) is 3.44. The van der Waals surface area contributed by atoms with Crippen molar-refractivity contribution in [3.05, 3.63) is 23.5 Å². The highest BCUT2D eigenvalue weighted by Crippen LogP contribution is 2.59. The fourth-order valence-corrected chi connectivity index (χ4v) is 6.75. The normalized spacial score (nSPS) is 29.6. The predicted molar refractivity (Wildman–Crippen MR) is 72.9 cm³/mol. The van der Waals surface area contributed by atoms with Gasteiger partial charge in [-0.05, 0) is 31.4 Å². The number of aromatic nitrogens is 1. The first-order valence-corrected chi connectivity index (χ1v) is 8.30. The van der Waals surface area contributed by atoms with E-state index < -0.39 is 0 Å². The van der Waals surface area contributed by atoms with Crippen LogP contribution < -0.4 is 0 Å². The van der Waals surface area contributed by atoms with Gasteiger partial charge in [0, 0.05) is 29.7 Å². The number of thioether (sulfide) groups is 2. The molecular weight excluding hydrogens is 250 g/mol. The number of hydrogen-bond acceptors (Lipinski definition) is 3. The number of carbonyl (C=O) groups is 1. The van der Waals surface area contributed by atoms with Crippen molar-refractivity contribution in [1.29, 1.82) is 0 Å². The zero-order valence-corrected chi connectivity index (χ0v) is 11.3. The Morgan fingerprint density at radius 2 is 2.06 bits per heavy atom. The molecule has 4 heteroatoms. The SMILES string of the molecule is O=C1CCC2CCC3(SCCS3)c3ccc1n32. The lowest BCUT2D eigenvalue weighted by Crippen LogP contribution is -2.33. The van der Waals surface area contributed by atoms with Gasteiger partial charge in [-0.15, -0.1) is 23.5 Å². The van der Waals surface area contributed by atoms with Crippen molar-refractivity contribution in [3.8, 4) is 0 Å². The van der Waals surface area contributed by atoms with E-state index in [0.717, 1.165) is 18.5 Å². The number of nitrogens with zero attached hydrogens (tertiary/aromatic N) is 1. The maximum Gasteiger partial charge on any atom is 0.179 e. The maximum atomic E-state index is 12.0. The Morgan fingerprint density at radius 3 is 2.88 bits per heavy atom. The molecule has 1 spiro atoms. The smallest absolute Gasteiger partial charge is 0.179 e. The Kier molecular flexibility index (Phi) is 2.22. The Labute approximate surface area is 110 Å². The minimum Gasteiger partial charge on any atom is -0.337 e. The molecule has 3 aliphatic rings. The van der Waals surface area contributed by atoms with Crippen LogP contribution in [0.5, 0.6) is 0 Å². The summed E-state index contributed by atoms with van der Waals surface area (Å²) < 4.78 is 2.65. The third kappa shape index (κ3) is 1.34. The first kappa shape index (κ1) is 10.6. The van der Waals surface area contributed by atoms with Gasteiger partial charge in [-0.2, -0.15) is 0 Å². The molecule has 1 aromatic rings. The maximum absolute atomic E-state index is 12.0. The van der Waals surface area contributed by atoms with Gasteiger partial charge in [0.25, 0.3) is 0 Å². The van der Waals surface area contributed by atoms with Crippen molar-refractivity contribution < 1.29 is 4.79 Å². The molecule has 1 saturated heterocycles. The Morgan fingerprint density at radius 1 is 1.24 bits per heavy atom. The number of rotatable bonds is 0. The van der Waals surface area contributed by atoms with Gasteiger partial charge in [-0.3, -0.25) is 4.79 Å². The summed E-state index contributed by atoms with van der Waals surface area (Å²) in [6.45, 7) is 0. The lowest BCUT2D eigenvalue weighted by Gasteiger charge is -2.40. The number of ketones is 1. The van der Waals surface area contributed by atoms with Crippen LogP contribution >= 0.6 is 23.5 Å². The lowest BCUT2D eigenvalue weighted by molar-refractivity contribution is 0.0934. The highest BCUT2D eigenvalue weighted by molar-refractivity contribution is 8.20. The van der Waals surface area contributed by atoms with Gasteiger partial charge < -0.3 is 4.57 Å². The van der Waals surface area contributed by atoms with E-state index in [-0.39, 0.29) is 4.08 Å². The molecule has 1 fully saturated rings. The zero-order chi connectivity index (χ0) is 11.5. The second-order valence-corrected chi connectivity index (χ2v) is 8.12. The van der Waals surface area contributed by atoms with Crippen LogP contribution in [0.4, 0.5) is 0 Å². The van der Waals surface area contributed by atoms with E-state index in [4.69, 9.17) is 0 Å². The summed E-state index contributed by atoms with van der Waals surface area (Å²) in [5, 5.41) is 0. The van der Waals surface area contributed by atoms with Gasteiger partial charge in [0.2, 0.25) is 0 Å². The van der Waals surface area contributed by atoms with Crippen molar-refractivity contribution in [1.82, 2.24) is 4.57 Å². The van der Waals surface area contributed by atoms with Gasteiger partial charge in [-0.25, -0.2) is 0 Å². The van der Waals surface area contributed by atoms with Crippen LogP contribution in [0.3, 0.4) is 0 Å². The summed E-state index contributed by atoms with van der Waals surface area (Å²) >= 11 is 4.18. The first-order valence-electron chi connectivity index (χ1n) is 6.33. The molecule has 0 aromatic carbocycles. The molecule has 4 heterocycles. The minimum atomic E-state index is 0.270. The summed E-state index contributed by atoms with van der Waals surface area (Å²) in [6.07, 6.45) is 4.34. The summed E-state index contributed by atoms with van der Waals surface area (Å²) in [6, 6.07) is 4.88. The van der Waals surface area contributed by atoms with Crippen LogP contribution in [0.1, 0.15) is 47.9 Å². The standard InChI is InChI=1S/C13H15NOS2/c15-11-3-1-9-5-6-13(16-7-8-17-13)12-4-2-10(11)14(9)12/h2,4,9H,1,3,5-8H2. The number of Topliss-reactive ketones (excluding diaryl/α,β-unsaturated/α-hetero) is 1. The third-order valence-electron chi connectivity index (χ3n) is 4.22. The summed E-state index contributed by atoms with van der Waals surface area (Å²) in [5.74, 6) is 2.85. The molecule has 3 aliphatic heterocycles. The van der Waals surface area contributed by atoms with E-state index in [0.29, 0.717) is 11.8 Å². The molecule has 2 nitrogen and oxygen atoms in total. The Hall–Kier alpha value is -0.350. The average molecular weight is 265 g/mol. The molecule has 0 N–H and O–H groups in total. The predicted octanol–water partition coefficient (Wildman–Crippen LogP) is 3.43. The van der Waals surface area contributed by atoms with Gasteiger partial charge in [-0.1, -0.05) is 0 Å². The van der Waals surface area contributed by atoms with E-state index in [1.807, 2.05) is 0 Å². The second-order valence-electron chi connectivity index (χ2n) is 5.08. The molecule has 0 saturated carbocycles. The van der Waals surface area contributed by atoms with Crippen LogP contribution in [0, 0.1) is 0 Å². The highest BCUT2D eigenvalue weighted by Gasteiger charge is 2.45. The van der Waals surface area contributed by atoms with Crippen LogP contribution in [-0.2, 0) is 4.08 Å². The van der Waals surface area contributed by atoms with Gasteiger partial charge in [0.15, 0.2) is 5.78 Å². The van der Waals surface area contributed by atoms with Crippen molar-refractivity contribution in [2.24, 2.45) is 0 Å². The average Bonchev–Trinajstić information content (AvgIpc) is 2.95. The van der Waals surface area contributed by atoms with Crippen LogP contribution in [0.15, 0.2) is 12.1 Å². The van der Waals surface area contributed by atoms with Crippen LogP contribution in [0.25, 0.3) is 0 Å². The van der Waals surface area contributed by atoms with Crippen molar-refractivity contribution in [2.45, 2.75) is 35.8 Å². The van der Waals surface area contributed by atoms with E-state index in [2.05, 4.69) is 40.2 Å². The highest BCUT2D eigenvalue weighted by atomic mass is 32.2. The molecule has 4 rings (SSSR count). The largest absolute Gasteiger partial charge is 0.337 e. The van der Waals surface area contributed by atoms with Gasteiger partial charge in [0.05, 0.1) is 5.69 Å². The third-order valence-corrected chi connectivity index (χ3v) is 7.77. The number of hydrogen-bond donors (Lipinski definition) is 0.